The van der Waals surface area contributed by atoms with Gasteiger partial charge in [-0.2, -0.15) is 15.1 Å². The Morgan fingerprint density at radius 1 is 1.25 bits per heavy atom. The van der Waals surface area contributed by atoms with E-state index in [1.54, 1.807) is 24.3 Å². The highest BCUT2D eigenvalue weighted by atomic mass is 35.5. The highest BCUT2D eigenvalue weighted by Gasteiger charge is 2.47. The first-order chi connectivity index (χ1) is 21.1. The molecule has 0 bridgehead atoms. The number of nitrogen functional groups attached to an aromatic ring is 1. The number of unbranched alkanes of at least 4 members (excludes halogenated alkanes) is 2. The fourth-order valence-corrected chi connectivity index (χ4v) is 6.46. The van der Waals surface area contributed by atoms with E-state index in [2.05, 4.69) is 20.0 Å². The van der Waals surface area contributed by atoms with E-state index in [1.807, 2.05) is 25.1 Å². The quantitative estimate of drug-likeness (QED) is 0.0787. The number of imidazole rings is 1. The van der Waals surface area contributed by atoms with E-state index in [4.69, 9.17) is 35.9 Å². The number of aromatic nitrogens is 4. The lowest BCUT2D eigenvalue weighted by molar-refractivity contribution is -0.145. The first-order valence-corrected chi connectivity index (χ1v) is 16.0. The van der Waals surface area contributed by atoms with Crippen molar-refractivity contribution in [3.8, 4) is 5.75 Å². The van der Waals surface area contributed by atoms with Crippen molar-refractivity contribution < 1.29 is 37.4 Å². The van der Waals surface area contributed by atoms with Crippen LogP contribution in [0.1, 0.15) is 39.3 Å². The largest absolute Gasteiger partial charge is 0.465 e. The van der Waals surface area contributed by atoms with Crippen LogP contribution in [-0.2, 0) is 23.4 Å². The van der Waals surface area contributed by atoms with Crippen LogP contribution >= 0.6 is 19.3 Å². The molecule has 1 saturated heterocycles. The van der Waals surface area contributed by atoms with Crippen molar-refractivity contribution in [1.29, 1.82) is 0 Å². The molecule has 6 atom stereocenters. The third kappa shape index (κ3) is 6.96. The van der Waals surface area contributed by atoms with E-state index < -0.39 is 51.0 Å². The number of carbonyl (C=O) groups excluding carboxylic acids is 1. The number of fused-ring (bicyclic) bond motifs is 2. The maximum absolute atomic E-state index is 15.4. The number of benzene rings is 2. The predicted octanol–water partition coefficient (Wildman–Crippen LogP) is 4.73. The first-order valence-electron chi connectivity index (χ1n) is 14.1. The van der Waals surface area contributed by atoms with E-state index in [1.165, 1.54) is 17.8 Å². The van der Waals surface area contributed by atoms with Gasteiger partial charge in [-0.25, -0.2) is 13.9 Å². The van der Waals surface area contributed by atoms with Crippen molar-refractivity contribution >= 4 is 53.1 Å². The number of carbonyl (C=O) groups is 1. The first kappa shape index (κ1) is 32.0. The Labute approximate surface area is 257 Å². The van der Waals surface area contributed by atoms with Crippen LogP contribution in [0.4, 0.5) is 10.2 Å². The Bertz CT molecular complexity index is 1670. The molecular formula is C28H33ClFN6O7P. The number of ether oxygens (including phenoxy) is 2. The average Bonchev–Trinajstić information content (AvgIpc) is 3.54. The maximum Gasteiger partial charge on any atom is 0.459 e. The van der Waals surface area contributed by atoms with E-state index in [9.17, 15) is 14.5 Å². The van der Waals surface area contributed by atoms with Crippen LogP contribution in [0.15, 0.2) is 48.8 Å². The van der Waals surface area contributed by atoms with Gasteiger partial charge in [0.25, 0.3) is 0 Å². The molecule has 4 aromatic rings. The molecule has 1 fully saturated rings. The van der Waals surface area contributed by atoms with Gasteiger partial charge in [0.05, 0.1) is 19.5 Å². The van der Waals surface area contributed by atoms with Gasteiger partial charge in [0.2, 0.25) is 5.28 Å². The fourth-order valence-electron chi connectivity index (χ4n) is 4.77. The van der Waals surface area contributed by atoms with Gasteiger partial charge >= 0.3 is 13.7 Å². The number of halogens is 2. The summed E-state index contributed by atoms with van der Waals surface area (Å²) in [5.41, 5.74) is 6.13. The standard InChI is InChI=1S/C28H33ClFN6O7P/c1-3-4-7-13-40-27(38)16(2)35-44(39,43-19-12-8-10-17-9-5-6-11-18(17)19)41-14-20-23(37)21(30)26(42-20)36-15-32-22-24(31)33-28(29)34-25(22)36/h5-6,8-12,15-16,20-21,23,26,37H,3-4,7,13-14H2,1-2H3,(H,35,39)(H2,31,33,34)/t16-,20+,21?,23?,26+,44?/m0/s1. The van der Waals surface area contributed by atoms with Gasteiger partial charge in [0, 0.05) is 5.39 Å². The number of hydrogen-bond donors (Lipinski definition) is 3. The monoisotopic (exact) mass is 650 g/mol. The summed E-state index contributed by atoms with van der Waals surface area (Å²) in [5.74, 6) is -0.446. The van der Waals surface area contributed by atoms with Crippen molar-refractivity contribution in [3.63, 3.8) is 0 Å². The summed E-state index contributed by atoms with van der Waals surface area (Å²) in [7, 11) is -4.37. The van der Waals surface area contributed by atoms with Crippen LogP contribution < -0.4 is 15.3 Å². The van der Waals surface area contributed by atoms with Gasteiger partial charge in [-0.15, -0.1) is 0 Å². The molecule has 0 radical (unpaired) electrons. The summed E-state index contributed by atoms with van der Waals surface area (Å²) in [4.78, 5) is 24.7. The molecule has 13 nitrogen and oxygen atoms in total. The Morgan fingerprint density at radius 3 is 2.82 bits per heavy atom. The molecule has 3 unspecified atom stereocenters. The molecule has 5 rings (SSSR count). The van der Waals surface area contributed by atoms with E-state index in [-0.39, 0.29) is 34.6 Å². The molecule has 4 N–H and O–H groups in total. The van der Waals surface area contributed by atoms with E-state index >= 15 is 4.39 Å². The third-order valence-electron chi connectivity index (χ3n) is 7.06. The van der Waals surface area contributed by atoms with Crippen LogP contribution in [0.25, 0.3) is 21.9 Å². The number of anilines is 1. The normalized spacial score (nSPS) is 22.2. The zero-order valence-electron chi connectivity index (χ0n) is 24.0. The summed E-state index contributed by atoms with van der Waals surface area (Å²) in [6.45, 7) is 3.12. The number of nitrogens with two attached hydrogens (primary N) is 1. The third-order valence-corrected chi connectivity index (χ3v) is 8.86. The number of alkyl halides is 1. The Balaban J connectivity index is 1.35. The minimum Gasteiger partial charge on any atom is -0.465 e. The minimum atomic E-state index is -4.37. The summed E-state index contributed by atoms with van der Waals surface area (Å²) >= 11 is 5.93. The van der Waals surface area contributed by atoms with Gasteiger partial charge < -0.3 is 24.8 Å². The Kier molecular flexibility index (Phi) is 9.98. The number of nitrogens with zero attached hydrogens (tertiary/aromatic N) is 4. The summed E-state index contributed by atoms with van der Waals surface area (Å²) in [6.07, 6.45) is -2.57. The highest BCUT2D eigenvalue weighted by molar-refractivity contribution is 7.52. The average molecular weight is 651 g/mol. The molecule has 3 heterocycles. The van der Waals surface area contributed by atoms with Crippen LogP contribution in [0.5, 0.6) is 5.75 Å². The van der Waals surface area contributed by atoms with Crippen LogP contribution in [0, 0.1) is 0 Å². The smallest absolute Gasteiger partial charge is 0.459 e. The zero-order chi connectivity index (χ0) is 31.4. The SMILES string of the molecule is CCCCCOC(=O)[C@H](C)NP(=O)(OC[C@H]1O[C@@H](n2cnc3c(N)nc(Cl)nc32)C(F)C1O)Oc1cccc2ccccc12. The summed E-state index contributed by atoms with van der Waals surface area (Å²) < 4.78 is 53.5. The molecule has 0 spiro atoms. The molecule has 44 heavy (non-hydrogen) atoms. The van der Waals surface area contributed by atoms with Crippen molar-refractivity contribution in [3.05, 3.63) is 54.1 Å². The number of esters is 1. The lowest BCUT2D eigenvalue weighted by atomic mass is 10.1. The highest BCUT2D eigenvalue weighted by Crippen LogP contribution is 2.48. The van der Waals surface area contributed by atoms with Crippen molar-refractivity contribution in [2.24, 2.45) is 0 Å². The molecule has 1 aliphatic rings. The summed E-state index contributed by atoms with van der Waals surface area (Å²) in [5, 5.41) is 14.6. The lowest BCUT2D eigenvalue weighted by Crippen LogP contribution is -2.37. The summed E-state index contributed by atoms with van der Waals surface area (Å²) in [6, 6.07) is 11.3. The fraction of sp³-hybridized carbons (Fsp3) is 0.429. The molecular weight excluding hydrogens is 618 g/mol. The molecule has 0 saturated carbocycles. The van der Waals surface area contributed by atoms with Gasteiger partial charge in [-0.05, 0) is 36.4 Å². The second-order valence-corrected chi connectivity index (χ2v) is 12.3. The van der Waals surface area contributed by atoms with E-state index in [0.29, 0.717) is 11.8 Å². The molecule has 2 aromatic heterocycles. The second kappa shape index (κ2) is 13.7. The topological polar surface area (TPSA) is 173 Å². The molecule has 236 valence electrons. The molecule has 2 aromatic carbocycles. The zero-order valence-corrected chi connectivity index (χ0v) is 25.7. The van der Waals surface area contributed by atoms with Gasteiger partial charge in [-0.3, -0.25) is 13.9 Å². The number of hydrogen-bond acceptors (Lipinski definition) is 11. The second-order valence-electron chi connectivity index (χ2n) is 10.3. The Morgan fingerprint density at radius 2 is 2.02 bits per heavy atom. The molecule has 1 aliphatic heterocycles. The number of rotatable bonds is 13. The maximum atomic E-state index is 15.4. The van der Waals surface area contributed by atoms with E-state index in [0.717, 1.165) is 18.2 Å². The molecule has 0 aliphatic carbocycles. The number of nitrogens with one attached hydrogen (secondary N) is 1. The lowest BCUT2D eigenvalue weighted by Gasteiger charge is -2.25. The number of aliphatic hydroxyl groups excluding tert-OH is 1. The van der Waals surface area contributed by atoms with Crippen LogP contribution in [0.2, 0.25) is 5.28 Å². The van der Waals surface area contributed by atoms with Crippen LogP contribution in [0.3, 0.4) is 0 Å². The number of aliphatic hydroxyl groups is 1. The van der Waals surface area contributed by atoms with Gasteiger partial charge in [0.1, 0.15) is 29.5 Å². The predicted molar refractivity (Wildman–Crippen MR) is 161 cm³/mol. The minimum absolute atomic E-state index is 0.0109. The Hall–Kier alpha value is -3.39. The molecule has 16 heteroatoms. The van der Waals surface area contributed by atoms with Crippen molar-refractivity contribution in [2.75, 3.05) is 18.9 Å². The van der Waals surface area contributed by atoms with Gasteiger partial charge in [-0.1, -0.05) is 56.2 Å². The van der Waals surface area contributed by atoms with Crippen molar-refractivity contribution in [2.45, 2.75) is 63.8 Å². The van der Waals surface area contributed by atoms with Gasteiger partial charge in [0.15, 0.2) is 23.9 Å². The van der Waals surface area contributed by atoms with Crippen molar-refractivity contribution in [1.82, 2.24) is 24.6 Å². The molecule has 0 amide bonds. The van der Waals surface area contributed by atoms with Crippen LogP contribution in [-0.4, -0.2) is 68.2 Å².